The van der Waals surface area contributed by atoms with Crippen LogP contribution < -0.4 is 9.80 Å². The first-order valence-electron chi connectivity index (χ1n) is 19.9. The Morgan fingerprint density at radius 2 is 0.914 bits per heavy atom. The second kappa shape index (κ2) is 12.9. The highest BCUT2D eigenvalue weighted by Crippen LogP contribution is 2.68. The highest BCUT2D eigenvalue weighted by molar-refractivity contribution is 7.20. The standard InChI is InChI=1S/C55H36N2S/c1-4-20-38(21-5-1)56(39-22-6-2-7-23-39)41-34-35-44-43-27-12-14-30-47(43)55(48(44)36-41)53-46(52-45-28-13-15-33-51(45)58-54(52)55)29-17-32-50(53)57(40-24-8-3-9-25-40)49-31-16-19-37-18-10-11-26-42(37)49/h1-36H. The molecule has 1 heterocycles. The van der Waals surface area contributed by atoms with Gasteiger partial charge < -0.3 is 9.80 Å². The van der Waals surface area contributed by atoms with Gasteiger partial charge in [0.1, 0.15) is 0 Å². The molecule has 0 radical (unpaired) electrons. The Kier molecular flexibility index (Phi) is 7.35. The van der Waals surface area contributed by atoms with Crippen molar-refractivity contribution in [3.05, 3.63) is 240 Å². The summed E-state index contributed by atoms with van der Waals surface area (Å²) in [5.74, 6) is 0. The lowest BCUT2D eigenvalue weighted by molar-refractivity contribution is 0.810. The predicted molar refractivity (Wildman–Crippen MR) is 245 cm³/mol. The zero-order chi connectivity index (χ0) is 38.2. The monoisotopic (exact) mass is 756 g/mol. The van der Waals surface area contributed by atoms with E-state index in [9.17, 15) is 0 Å². The number of hydrogen-bond donors (Lipinski definition) is 0. The first-order valence-corrected chi connectivity index (χ1v) is 20.8. The van der Waals surface area contributed by atoms with E-state index < -0.39 is 5.41 Å². The van der Waals surface area contributed by atoms with Gasteiger partial charge in [0.2, 0.25) is 0 Å². The van der Waals surface area contributed by atoms with Crippen LogP contribution >= 0.6 is 11.3 Å². The Hall–Kier alpha value is -7.20. The van der Waals surface area contributed by atoms with Crippen molar-refractivity contribution in [3.8, 4) is 22.3 Å². The van der Waals surface area contributed by atoms with Gasteiger partial charge in [-0.1, -0.05) is 152 Å². The molecule has 2 nitrogen and oxygen atoms in total. The van der Waals surface area contributed by atoms with E-state index in [4.69, 9.17) is 0 Å². The Bertz CT molecular complexity index is 3140. The summed E-state index contributed by atoms with van der Waals surface area (Å²) >= 11 is 1.96. The van der Waals surface area contributed by atoms with Crippen molar-refractivity contribution < 1.29 is 0 Å². The topological polar surface area (TPSA) is 6.48 Å². The third kappa shape index (κ3) is 4.65. The van der Waals surface area contributed by atoms with Crippen LogP contribution in [0.3, 0.4) is 0 Å². The van der Waals surface area contributed by atoms with Gasteiger partial charge in [0, 0.05) is 54.2 Å². The van der Waals surface area contributed by atoms with Gasteiger partial charge in [0.05, 0.1) is 16.8 Å². The van der Waals surface area contributed by atoms with Crippen molar-refractivity contribution in [2.24, 2.45) is 0 Å². The number of hydrogen-bond acceptors (Lipinski definition) is 3. The number of anilines is 6. The molecule has 1 atom stereocenters. The zero-order valence-electron chi connectivity index (χ0n) is 31.6. The van der Waals surface area contributed by atoms with Gasteiger partial charge >= 0.3 is 0 Å². The minimum atomic E-state index is -0.594. The van der Waals surface area contributed by atoms with Gasteiger partial charge in [0.25, 0.3) is 0 Å². The highest BCUT2D eigenvalue weighted by Gasteiger charge is 2.55. The van der Waals surface area contributed by atoms with Crippen LogP contribution in [0, 0.1) is 0 Å². The van der Waals surface area contributed by atoms with Crippen LogP contribution in [0.25, 0.3) is 43.1 Å². The van der Waals surface area contributed by atoms with Crippen molar-refractivity contribution in [2.75, 3.05) is 9.80 Å². The maximum absolute atomic E-state index is 2.52. The first kappa shape index (κ1) is 33.0. The Balaban J connectivity index is 1.22. The number of fused-ring (bicyclic) bond motifs is 13. The van der Waals surface area contributed by atoms with E-state index in [0.717, 1.165) is 28.4 Å². The maximum atomic E-state index is 2.52. The van der Waals surface area contributed by atoms with Crippen molar-refractivity contribution in [2.45, 2.75) is 5.41 Å². The third-order valence-corrected chi connectivity index (χ3v) is 13.5. The fraction of sp³-hybridized carbons (Fsp3) is 0.0182. The van der Waals surface area contributed by atoms with Crippen LogP contribution in [0.2, 0.25) is 0 Å². The number of nitrogens with zero attached hydrogens (tertiary/aromatic N) is 2. The molecule has 9 aromatic carbocycles. The number of rotatable bonds is 6. The zero-order valence-corrected chi connectivity index (χ0v) is 32.4. The largest absolute Gasteiger partial charge is 0.310 e. The predicted octanol–water partition coefficient (Wildman–Crippen LogP) is 15.3. The van der Waals surface area contributed by atoms with Crippen molar-refractivity contribution in [1.82, 2.24) is 0 Å². The molecule has 12 rings (SSSR count). The van der Waals surface area contributed by atoms with Crippen LogP contribution in [0.1, 0.15) is 21.6 Å². The van der Waals surface area contributed by atoms with Gasteiger partial charge in [-0.3, -0.25) is 0 Å². The highest BCUT2D eigenvalue weighted by atomic mass is 32.1. The molecule has 2 aliphatic rings. The molecule has 0 fully saturated rings. The molecule has 0 aliphatic heterocycles. The lowest BCUT2D eigenvalue weighted by Gasteiger charge is -2.36. The van der Waals surface area contributed by atoms with E-state index in [1.807, 2.05) is 11.3 Å². The Morgan fingerprint density at radius 3 is 1.67 bits per heavy atom. The Labute approximate surface area is 342 Å². The molecule has 0 amide bonds. The molecule has 1 aromatic heterocycles. The van der Waals surface area contributed by atoms with Crippen molar-refractivity contribution in [1.29, 1.82) is 0 Å². The summed E-state index contributed by atoms with van der Waals surface area (Å²) < 4.78 is 1.31. The van der Waals surface area contributed by atoms with E-state index in [1.54, 1.807) is 0 Å². The minimum absolute atomic E-state index is 0.594. The molecule has 58 heavy (non-hydrogen) atoms. The summed E-state index contributed by atoms with van der Waals surface area (Å²) in [5.41, 5.74) is 15.4. The normalized spacial score (nSPS) is 14.6. The lowest BCUT2D eigenvalue weighted by atomic mass is 9.72. The minimum Gasteiger partial charge on any atom is -0.310 e. The summed E-state index contributed by atoms with van der Waals surface area (Å²) in [6.07, 6.45) is 0. The van der Waals surface area contributed by atoms with E-state index in [0.29, 0.717) is 0 Å². The van der Waals surface area contributed by atoms with Gasteiger partial charge in [-0.05, 0) is 99.9 Å². The number of benzene rings is 9. The molecule has 10 aromatic rings. The second-order valence-corrected chi connectivity index (χ2v) is 16.3. The average Bonchev–Trinajstić information content (AvgIpc) is 3.92. The molecule has 1 spiro atoms. The molecule has 3 heteroatoms. The number of thiophene rings is 1. The van der Waals surface area contributed by atoms with Gasteiger partial charge in [-0.2, -0.15) is 0 Å². The molecule has 0 bridgehead atoms. The van der Waals surface area contributed by atoms with Crippen LogP contribution in [0.4, 0.5) is 34.1 Å². The fourth-order valence-corrected chi connectivity index (χ4v) is 11.4. The summed E-state index contributed by atoms with van der Waals surface area (Å²) in [6, 6.07) is 80.3. The van der Waals surface area contributed by atoms with Gasteiger partial charge in [0.15, 0.2) is 0 Å². The molecule has 0 saturated heterocycles. The van der Waals surface area contributed by atoms with E-state index in [2.05, 4.69) is 228 Å². The average molecular weight is 757 g/mol. The van der Waals surface area contributed by atoms with Crippen molar-refractivity contribution >= 4 is 66.3 Å². The molecule has 2 aliphatic carbocycles. The summed E-state index contributed by atoms with van der Waals surface area (Å²) in [5, 5.41) is 3.75. The molecule has 0 saturated carbocycles. The maximum Gasteiger partial charge on any atom is 0.0840 e. The molecular weight excluding hydrogens is 721 g/mol. The first-order chi connectivity index (χ1) is 28.8. The van der Waals surface area contributed by atoms with Gasteiger partial charge in [-0.15, -0.1) is 11.3 Å². The van der Waals surface area contributed by atoms with Crippen LogP contribution in [0.5, 0.6) is 0 Å². The fourth-order valence-electron chi connectivity index (χ4n) is 9.93. The summed E-state index contributed by atoms with van der Waals surface area (Å²) in [4.78, 5) is 6.31. The smallest absolute Gasteiger partial charge is 0.0840 e. The Morgan fingerprint density at radius 1 is 0.362 bits per heavy atom. The second-order valence-electron chi connectivity index (χ2n) is 15.2. The van der Waals surface area contributed by atoms with Crippen molar-refractivity contribution in [3.63, 3.8) is 0 Å². The summed E-state index contributed by atoms with van der Waals surface area (Å²) in [6.45, 7) is 0. The van der Waals surface area contributed by atoms with Crippen LogP contribution in [-0.2, 0) is 5.41 Å². The van der Waals surface area contributed by atoms with E-state index in [1.165, 1.54) is 70.4 Å². The molecule has 272 valence electrons. The third-order valence-electron chi connectivity index (χ3n) is 12.2. The molecule has 0 N–H and O–H groups in total. The molecular formula is C55H36N2S. The number of para-hydroxylation sites is 3. The summed E-state index contributed by atoms with van der Waals surface area (Å²) in [7, 11) is 0. The lowest BCUT2D eigenvalue weighted by Crippen LogP contribution is -2.28. The molecule has 1 unspecified atom stereocenters. The van der Waals surface area contributed by atoms with Crippen LogP contribution in [-0.4, -0.2) is 0 Å². The van der Waals surface area contributed by atoms with Gasteiger partial charge in [-0.25, -0.2) is 0 Å². The SMILES string of the molecule is c1ccc(N(c2ccccc2)c2ccc3c(c2)C2(c4ccccc4-3)c3sc4ccccc4c3-c3cccc(N(c4ccccc4)c4cccc5ccccc45)c32)cc1. The van der Waals surface area contributed by atoms with E-state index >= 15 is 0 Å². The van der Waals surface area contributed by atoms with E-state index in [-0.39, 0.29) is 0 Å². The quantitative estimate of drug-likeness (QED) is 0.167. The van der Waals surface area contributed by atoms with Crippen LogP contribution in [0.15, 0.2) is 218 Å².